The van der Waals surface area contributed by atoms with Gasteiger partial charge in [0.2, 0.25) is 0 Å². The molecule has 3 rings (SSSR count). The second-order valence-electron chi connectivity index (χ2n) is 5.33. The molecule has 0 fully saturated rings. The summed E-state index contributed by atoms with van der Waals surface area (Å²) in [5.41, 5.74) is 2.15. The van der Waals surface area contributed by atoms with Crippen LogP contribution < -0.4 is 5.01 Å². The van der Waals surface area contributed by atoms with Gasteiger partial charge in [-0.05, 0) is 43.3 Å². The highest BCUT2D eigenvalue weighted by Gasteiger charge is 2.33. The Labute approximate surface area is 138 Å². The van der Waals surface area contributed by atoms with Crippen molar-refractivity contribution in [2.45, 2.75) is 6.92 Å². The van der Waals surface area contributed by atoms with Crippen LogP contribution in [0.1, 0.15) is 17.3 Å². The molecule has 0 spiro atoms. The van der Waals surface area contributed by atoms with Crippen molar-refractivity contribution >= 4 is 35.2 Å². The van der Waals surface area contributed by atoms with E-state index in [0.29, 0.717) is 17.1 Å². The minimum atomic E-state index is -0.988. The molecular formula is C18H15N3O3. The predicted molar refractivity (Wildman–Crippen MR) is 92.1 cm³/mol. The number of amides is 1. The summed E-state index contributed by atoms with van der Waals surface area (Å²) in [6, 6.07) is 15.4. The van der Waals surface area contributed by atoms with Gasteiger partial charge in [-0.25, -0.2) is 4.79 Å². The monoisotopic (exact) mass is 321 g/mol. The normalized spacial score (nSPS) is 17.4. The fourth-order valence-electron chi connectivity index (χ4n) is 2.36. The van der Waals surface area contributed by atoms with E-state index >= 15 is 0 Å². The second-order valence-corrected chi connectivity index (χ2v) is 5.33. The van der Waals surface area contributed by atoms with Gasteiger partial charge < -0.3 is 5.11 Å². The van der Waals surface area contributed by atoms with Crippen molar-refractivity contribution in [2.24, 2.45) is 16.0 Å². The van der Waals surface area contributed by atoms with E-state index in [9.17, 15) is 9.59 Å². The Morgan fingerprint density at radius 3 is 2.46 bits per heavy atom. The molecule has 1 heterocycles. The highest BCUT2D eigenvalue weighted by Crippen LogP contribution is 2.23. The summed E-state index contributed by atoms with van der Waals surface area (Å²) in [6.45, 7) is 1.78. The summed E-state index contributed by atoms with van der Waals surface area (Å²) in [6.07, 6.45) is 1.54. The largest absolute Gasteiger partial charge is 0.478 e. The molecule has 6 heteroatoms. The number of hydrogen-bond donors (Lipinski definition) is 1. The summed E-state index contributed by atoms with van der Waals surface area (Å²) in [5, 5.41) is 14.6. The van der Waals surface area contributed by atoms with Crippen molar-refractivity contribution in [1.82, 2.24) is 0 Å². The maximum Gasteiger partial charge on any atom is 0.335 e. The first-order chi connectivity index (χ1) is 11.6. The van der Waals surface area contributed by atoms with Crippen LogP contribution in [0.3, 0.4) is 0 Å². The number of benzene rings is 2. The molecule has 0 bridgehead atoms. The van der Waals surface area contributed by atoms with Gasteiger partial charge in [0.1, 0.15) is 5.92 Å². The first-order valence-electron chi connectivity index (χ1n) is 7.38. The summed E-state index contributed by atoms with van der Waals surface area (Å²) in [5.74, 6) is -1.67. The topological polar surface area (TPSA) is 82.3 Å². The Kier molecular flexibility index (Phi) is 4.20. The zero-order valence-electron chi connectivity index (χ0n) is 13.0. The molecule has 0 radical (unpaired) electrons. The van der Waals surface area contributed by atoms with E-state index in [2.05, 4.69) is 10.1 Å². The molecule has 1 aliphatic heterocycles. The number of anilines is 1. The van der Waals surface area contributed by atoms with Crippen molar-refractivity contribution in [1.29, 1.82) is 0 Å². The molecule has 6 nitrogen and oxygen atoms in total. The molecule has 1 N–H and O–H groups in total. The smallest absolute Gasteiger partial charge is 0.335 e. The number of aliphatic imine (C=N–C) groups is 1. The Morgan fingerprint density at radius 2 is 1.83 bits per heavy atom. The summed E-state index contributed by atoms with van der Waals surface area (Å²) in [7, 11) is 0. The van der Waals surface area contributed by atoms with E-state index < -0.39 is 11.9 Å². The zero-order valence-corrected chi connectivity index (χ0v) is 13.0. The molecule has 0 unspecified atom stereocenters. The average molecular weight is 321 g/mol. The van der Waals surface area contributed by atoms with Crippen LogP contribution in [-0.2, 0) is 4.79 Å². The van der Waals surface area contributed by atoms with Crippen molar-refractivity contribution in [3.8, 4) is 0 Å². The lowest BCUT2D eigenvalue weighted by atomic mass is 10.1. The van der Waals surface area contributed by atoms with E-state index in [1.807, 2.05) is 30.3 Å². The molecule has 1 atom stereocenters. The summed E-state index contributed by atoms with van der Waals surface area (Å²) >= 11 is 0. The third-order valence-corrected chi connectivity index (χ3v) is 3.67. The summed E-state index contributed by atoms with van der Waals surface area (Å²) < 4.78 is 0. The Bertz CT molecular complexity index is 826. The van der Waals surface area contributed by atoms with Crippen molar-refractivity contribution in [3.63, 3.8) is 0 Å². The fourth-order valence-corrected chi connectivity index (χ4v) is 2.36. The maximum atomic E-state index is 12.5. The fraction of sp³-hybridized carbons (Fsp3) is 0.111. The lowest BCUT2D eigenvalue weighted by Crippen LogP contribution is -2.27. The number of nitrogens with zero attached hydrogens (tertiary/aromatic N) is 3. The van der Waals surface area contributed by atoms with Gasteiger partial charge in [0.15, 0.2) is 0 Å². The lowest BCUT2D eigenvalue weighted by Gasteiger charge is -2.12. The van der Waals surface area contributed by atoms with Gasteiger partial charge in [0, 0.05) is 6.21 Å². The molecule has 2 aromatic rings. The number of rotatable bonds is 4. The minimum Gasteiger partial charge on any atom is -0.478 e. The highest BCUT2D eigenvalue weighted by atomic mass is 16.4. The number of carbonyl (C=O) groups excluding carboxylic acids is 1. The van der Waals surface area contributed by atoms with Crippen LogP contribution in [0.15, 0.2) is 64.7 Å². The molecule has 24 heavy (non-hydrogen) atoms. The third-order valence-electron chi connectivity index (χ3n) is 3.67. The number of carbonyl (C=O) groups is 2. The predicted octanol–water partition coefficient (Wildman–Crippen LogP) is 3.13. The molecule has 1 aliphatic rings. The molecule has 120 valence electrons. The van der Waals surface area contributed by atoms with Crippen LogP contribution in [0.5, 0.6) is 0 Å². The number of hydrazone groups is 1. The highest BCUT2D eigenvalue weighted by molar-refractivity contribution is 6.23. The van der Waals surface area contributed by atoms with Gasteiger partial charge in [0.05, 0.1) is 22.6 Å². The molecule has 0 aliphatic carbocycles. The number of carboxylic acid groups (broad SMARTS) is 1. The van der Waals surface area contributed by atoms with E-state index in [1.165, 1.54) is 17.1 Å². The molecular weight excluding hydrogens is 306 g/mol. The van der Waals surface area contributed by atoms with Crippen molar-refractivity contribution in [3.05, 3.63) is 60.2 Å². The van der Waals surface area contributed by atoms with Gasteiger partial charge in [-0.1, -0.05) is 18.2 Å². The first-order valence-corrected chi connectivity index (χ1v) is 7.38. The average Bonchev–Trinajstić information content (AvgIpc) is 2.88. The Balaban J connectivity index is 1.77. The van der Waals surface area contributed by atoms with Crippen LogP contribution in [0.25, 0.3) is 0 Å². The van der Waals surface area contributed by atoms with Gasteiger partial charge in [-0.2, -0.15) is 10.1 Å². The zero-order chi connectivity index (χ0) is 17.1. The summed E-state index contributed by atoms with van der Waals surface area (Å²) in [4.78, 5) is 27.6. The standard InChI is InChI=1S/C18H15N3O3/c1-12-16(11-19-14-9-7-13(8-10-14)18(23)24)17(22)21(20-12)15-5-3-2-4-6-15/h2-11,16H,1H3,(H,23,24)/t16-/m0/s1. The van der Waals surface area contributed by atoms with Gasteiger partial charge in [-0.3, -0.25) is 9.79 Å². The van der Waals surface area contributed by atoms with E-state index in [0.717, 1.165) is 0 Å². The molecule has 2 aromatic carbocycles. The second kappa shape index (κ2) is 6.45. The Morgan fingerprint density at radius 1 is 1.17 bits per heavy atom. The SMILES string of the molecule is CC1=NN(c2ccccc2)C(=O)[C@H]1C=Nc1ccc(C(=O)O)cc1. The third kappa shape index (κ3) is 3.08. The van der Waals surface area contributed by atoms with E-state index in [-0.39, 0.29) is 11.5 Å². The van der Waals surface area contributed by atoms with Crippen LogP contribution in [0.2, 0.25) is 0 Å². The number of aromatic carboxylic acids is 1. The number of para-hydroxylation sites is 1. The molecule has 1 amide bonds. The van der Waals surface area contributed by atoms with Gasteiger partial charge in [-0.15, -0.1) is 0 Å². The molecule has 0 saturated heterocycles. The van der Waals surface area contributed by atoms with Gasteiger partial charge in [0.25, 0.3) is 5.91 Å². The maximum absolute atomic E-state index is 12.5. The van der Waals surface area contributed by atoms with Crippen LogP contribution in [0, 0.1) is 5.92 Å². The van der Waals surface area contributed by atoms with Crippen LogP contribution >= 0.6 is 0 Å². The van der Waals surface area contributed by atoms with E-state index in [1.54, 1.807) is 25.3 Å². The van der Waals surface area contributed by atoms with Crippen LogP contribution in [-0.4, -0.2) is 28.9 Å². The molecule has 0 aromatic heterocycles. The number of hydrogen-bond acceptors (Lipinski definition) is 4. The quantitative estimate of drug-likeness (QED) is 0.878. The lowest BCUT2D eigenvalue weighted by molar-refractivity contribution is -0.118. The first kappa shape index (κ1) is 15.6. The van der Waals surface area contributed by atoms with Crippen molar-refractivity contribution in [2.75, 3.05) is 5.01 Å². The molecule has 0 saturated carbocycles. The van der Waals surface area contributed by atoms with E-state index in [4.69, 9.17) is 5.11 Å². The Hall–Kier alpha value is -3.28. The number of carboxylic acids is 1. The van der Waals surface area contributed by atoms with Crippen molar-refractivity contribution < 1.29 is 14.7 Å². The van der Waals surface area contributed by atoms with Crippen LogP contribution in [0.4, 0.5) is 11.4 Å². The minimum absolute atomic E-state index is 0.162. The van der Waals surface area contributed by atoms with Gasteiger partial charge >= 0.3 is 5.97 Å².